The molecule has 0 aliphatic carbocycles. The molecule has 0 bridgehead atoms. The maximum Gasteiger partial charge on any atom is 0.316 e. The Labute approximate surface area is 219 Å². The lowest BCUT2D eigenvalue weighted by Gasteiger charge is -2.19. The van der Waals surface area contributed by atoms with Gasteiger partial charge in [-0.05, 0) is 112 Å². The van der Waals surface area contributed by atoms with Gasteiger partial charge < -0.3 is 14.6 Å². The van der Waals surface area contributed by atoms with Crippen molar-refractivity contribution < 1.29 is 24.2 Å². The molecule has 0 saturated carbocycles. The number of phenolic OH excluding ortho intramolecular Hbond substituents is 1. The number of esters is 2. The predicted octanol–water partition coefficient (Wildman–Crippen LogP) is 7.66. The highest BCUT2D eigenvalue weighted by molar-refractivity contribution is 5.98. The van der Waals surface area contributed by atoms with Gasteiger partial charge in [-0.3, -0.25) is 9.59 Å². The van der Waals surface area contributed by atoms with Crippen molar-refractivity contribution in [3.8, 4) is 17.2 Å². The quantitative estimate of drug-likeness (QED) is 0.214. The van der Waals surface area contributed by atoms with Gasteiger partial charge in [-0.25, -0.2) is 0 Å². The summed E-state index contributed by atoms with van der Waals surface area (Å²) in [5.74, 6) is 0.585. The number of hydrogen-bond donors (Lipinski definition) is 1. The second-order valence-corrected chi connectivity index (χ2v) is 11.1. The molecule has 37 heavy (non-hydrogen) atoms. The number of allylic oxidation sites excluding steroid dienone is 1. The zero-order valence-corrected chi connectivity index (χ0v) is 22.7. The van der Waals surface area contributed by atoms with E-state index < -0.39 is 10.8 Å². The van der Waals surface area contributed by atoms with Crippen molar-refractivity contribution in [2.24, 2.45) is 10.8 Å². The number of rotatable bonds is 6. The molecule has 194 valence electrons. The summed E-state index contributed by atoms with van der Waals surface area (Å²) in [4.78, 5) is 24.6. The fraction of sp³-hybridized carbons (Fsp3) is 0.312. The summed E-state index contributed by atoms with van der Waals surface area (Å²) in [7, 11) is 0. The molecule has 0 atom stereocenters. The van der Waals surface area contributed by atoms with Crippen LogP contribution in [0.5, 0.6) is 17.2 Å². The fourth-order valence-corrected chi connectivity index (χ4v) is 3.60. The Bertz CT molecular complexity index is 1270. The Morgan fingerprint density at radius 2 is 0.973 bits per heavy atom. The van der Waals surface area contributed by atoms with Gasteiger partial charge in [0.1, 0.15) is 17.2 Å². The van der Waals surface area contributed by atoms with E-state index in [0.29, 0.717) is 11.5 Å². The van der Waals surface area contributed by atoms with Gasteiger partial charge in [-0.1, -0.05) is 43.3 Å². The van der Waals surface area contributed by atoms with E-state index >= 15 is 0 Å². The minimum atomic E-state index is -0.599. The first-order valence-electron chi connectivity index (χ1n) is 12.5. The van der Waals surface area contributed by atoms with Gasteiger partial charge in [0.05, 0.1) is 10.8 Å². The Morgan fingerprint density at radius 3 is 1.32 bits per heavy atom. The predicted molar refractivity (Wildman–Crippen MR) is 147 cm³/mol. The first kappa shape index (κ1) is 27.7. The lowest BCUT2D eigenvalue weighted by atomic mass is 9.88. The van der Waals surface area contributed by atoms with Gasteiger partial charge in [0.25, 0.3) is 0 Å². The topological polar surface area (TPSA) is 72.8 Å². The van der Waals surface area contributed by atoms with E-state index in [1.54, 1.807) is 36.4 Å². The van der Waals surface area contributed by atoms with Crippen LogP contribution in [0.15, 0.2) is 72.8 Å². The lowest BCUT2D eigenvalue weighted by molar-refractivity contribution is -0.143. The molecule has 0 heterocycles. The zero-order chi connectivity index (χ0) is 27.4. The lowest BCUT2D eigenvalue weighted by Crippen LogP contribution is -2.25. The van der Waals surface area contributed by atoms with Crippen LogP contribution in [0.1, 0.15) is 71.6 Å². The molecule has 0 aliphatic rings. The van der Waals surface area contributed by atoms with Gasteiger partial charge >= 0.3 is 11.9 Å². The molecule has 3 rings (SSSR count). The summed E-state index contributed by atoms with van der Waals surface area (Å²) in [6, 6.07) is 22.0. The first-order valence-corrected chi connectivity index (χ1v) is 12.5. The van der Waals surface area contributed by atoms with Crippen LogP contribution in [-0.4, -0.2) is 17.0 Å². The van der Waals surface area contributed by atoms with Crippen molar-refractivity contribution in [3.05, 3.63) is 89.5 Å². The van der Waals surface area contributed by atoms with Gasteiger partial charge in [0, 0.05) is 0 Å². The minimum absolute atomic E-state index is 0.190. The molecule has 3 aromatic carbocycles. The number of aromatic hydroxyl groups is 1. The van der Waals surface area contributed by atoms with E-state index in [1.165, 1.54) is 0 Å². The molecule has 0 unspecified atom stereocenters. The third-order valence-electron chi connectivity index (χ3n) is 5.80. The maximum absolute atomic E-state index is 12.3. The van der Waals surface area contributed by atoms with Crippen molar-refractivity contribution in [2.45, 2.75) is 54.9 Å². The van der Waals surface area contributed by atoms with E-state index in [4.69, 9.17) is 9.47 Å². The third kappa shape index (κ3) is 7.10. The Balaban J connectivity index is 2.04. The second kappa shape index (κ2) is 11.0. The molecule has 0 aliphatic heterocycles. The van der Waals surface area contributed by atoms with Crippen LogP contribution < -0.4 is 9.47 Å². The van der Waals surface area contributed by atoms with Crippen LogP contribution >= 0.6 is 0 Å². The number of hydrogen-bond acceptors (Lipinski definition) is 5. The normalized spacial score (nSPS) is 12.5. The van der Waals surface area contributed by atoms with Crippen LogP contribution in [0.25, 0.3) is 11.1 Å². The van der Waals surface area contributed by atoms with E-state index in [1.807, 2.05) is 77.9 Å². The van der Waals surface area contributed by atoms with Crippen molar-refractivity contribution in [1.29, 1.82) is 0 Å². The third-order valence-corrected chi connectivity index (χ3v) is 5.80. The monoisotopic (exact) mass is 500 g/mol. The number of benzene rings is 3. The summed E-state index contributed by atoms with van der Waals surface area (Å²) in [5.41, 5.74) is 3.77. The van der Waals surface area contributed by atoms with Crippen molar-refractivity contribution in [2.75, 3.05) is 0 Å². The van der Waals surface area contributed by atoms with Crippen LogP contribution in [0.4, 0.5) is 0 Å². The summed E-state index contributed by atoms with van der Waals surface area (Å²) < 4.78 is 11.1. The SMILES string of the molecule is CC/C(=C(\c1ccc(O)cc1)c1ccc(OC(=O)C(C)(C)C)cc1)c1ccc(OC(=O)C(C)(C)C)cc1. The number of ether oxygens (including phenoxy) is 2. The van der Waals surface area contributed by atoms with Crippen molar-refractivity contribution in [3.63, 3.8) is 0 Å². The maximum atomic E-state index is 12.3. The first-order chi connectivity index (χ1) is 17.3. The standard InChI is InChI=1S/C32H36O5/c1-8-27(21-11-17-25(18-12-21)36-29(34)31(2,3)4)28(22-9-15-24(33)16-10-22)23-13-19-26(20-14-23)37-30(35)32(5,6)7/h9-20,33H,8H2,1-7H3/b28-27-. The number of carbonyl (C=O) groups excluding carboxylic acids is 2. The van der Waals surface area contributed by atoms with E-state index in [9.17, 15) is 14.7 Å². The van der Waals surface area contributed by atoms with Crippen LogP contribution in [0.2, 0.25) is 0 Å². The molecule has 0 amide bonds. The molecular weight excluding hydrogens is 464 g/mol. The molecule has 0 aromatic heterocycles. The highest BCUT2D eigenvalue weighted by Gasteiger charge is 2.25. The molecule has 0 radical (unpaired) electrons. The highest BCUT2D eigenvalue weighted by Crippen LogP contribution is 2.36. The van der Waals surface area contributed by atoms with Gasteiger partial charge in [-0.15, -0.1) is 0 Å². The summed E-state index contributed by atoms with van der Waals surface area (Å²) >= 11 is 0. The minimum Gasteiger partial charge on any atom is -0.508 e. The molecule has 5 heteroatoms. The van der Waals surface area contributed by atoms with Crippen LogP contribution in [0, 0.1) is 10.8 Å². The van der Waals surface area contributed by atoms with Gasteiger partial charge in [0.2, 0.25) is 0 Å². The smallest absolute Gasteiger partial charge is 0.316 e. The van der Waals surface area contributed by atoms with Gasteiger partial charge in [0.15, 0.2) is 0 Å². The van der Waals surface area contributed by atoms with E-state index in [-0.39, 0.29) is 17.7 Å². The Kier molecular flexibility index (Phi) is 8.27. The van der Waals surface area contributed by atoms with Gasteiger partial charge in [-0.2, -0.15) is 0 Å². The summed E-state index contributed by atoms with van der Waals surface area (Å²) in [6.07, 6.45) is 0.734. The van der Waals surface area contributed by atoms with Crippen molar-refractivity contribution in [1.82, 2.24) is 0 Å². The molecule has 0 saturated heterocycles. The average Bonchev–Trinajstić information content (AvgIpc) is 2.83. The largest absolute Gasteiger partial charge is 0.508 e. The molecule has 0 spiro atoms. The Hall–Kier alpha value is -3.86. The second-order valence-electron chi connectivity index (χ2n) is 11.1. The van der Waals surface area contributed by atoms with Crippen LogP contribution in [0.3, 0.4) is 0 Å². The fourth-order valence-electron chi connectivity index (χ4n) is 3.60. The highest BCUT2D eigenvalue weighted by atomic mass is 16.5. The molecule has 5 nitrogen and oxygen atoms in total. The van der Waals surface area contributed by atoms with E-state index in [0.717, 1.165) is 34.3 Å². The number of carbonyl (C=O) groups is 2. The summed E-state index contributed by atoms with van der Waals surface area (Å²) in [6.45, 7) is 13.0. The van der Waals surface area contributed by atoms with Crippen molar-refractivity contribution >= 4 is 23.1 Å². The summed E-state index contributed by atoms with van der Waals surface area (Å²) in [5, 5.41) is 9.86. The molecular formula is C32H36O5. The van der Waals surface area contributed by atoms with Crippen LogP contribution in [-0.2, 0) is 9.59 Å². The molecule has 3 aromatic rings. The average molecular weight is 501 g/mol. The van der Waals surface area contributed by atoms with E-state index in [2.05, 4.69) is 6.92 Å². The molecule has 1 N–H and O–H groups in total. The number of phenols is 1. The zero-order valence-electron chi connectivity index (χ0n) is 22.7. The Morgan fingerprint density at radius 1 is 0.622 bits per heavy atom. The molecule has 0 fully saturated rings.